The maximum Gasteiger partial charge on any atom is 0.148 e. The minimum absolute atomic E-state index is 0.0883. The first-order chi connectivity index (χ1) is 8.47. The quantitative estimate of drug-likeness (QED) is 0.793. The van der Waals surface area contributed by atoms with Gasteiger partial charge < -0.3 is 11.1 Å². The third kappa shape index (κ3) is 2.66. The van der Waals surface area contributed by atoms with Gasteiger partial charge >= 0.3 is 0 Å². The molecule has 0 aliphatic heterocycles. The van der Waals surface area contributed by atoms with E-state index in [0.29, 0.717) is 0 Å². The van der Waals surface area contributed by atoms with Crippen molar-refractivity contribution in [3.63, 3.8) is 0 Å². The second-order valence-electron chi connectivity index (χ2n) is 3.60. The SMILES string of the molecule is Nc1cc(Cl)c(F)cc1Nc1ccc(Cl)cc1F. The Bertz CT molecular complexity index is 603. The average Bonchev–Trinajstić information content (AvgIpc) is 2.29. The number of nitrogen functional groups attached to an aromatic ring is 1. The van der Waals surface area contributed by atoms with E-state index in [1.807, 2.05) is 0 Å². The molecule has 6 heteroatoms. The highest BCUT2D eigenvalue weighted by molar-refractivity contribution is 6.31. The molecule has 0 spiro atoms. The fourth-order valence-electron chi connectivity index (χ4n) is 1.41. The van der Waals surface area contributed by atoms with Crippen molar-refractivity contribution in [1.29, 1.82) is 0 Å². The van der Waals surface area contributed by atoms with Crippen molar-refractivity contribution in [2.75, 3.05) is 11.1 Å². The van der Waals surface area contributed by atoms with Gasteiger partial charge in [0, 0.05) is 11.1 Å². The number of benzene rings is 2. The van der Waals surface area contributed by atoms with Crippen LogP contribution >= 0.6 is 23.2 Å². The third-order valence-electron chi connectivity index (χ3n) is 2.29. The smallest absolute Gasteiger partial charge is 0.148 e. The predicted octanol–water partition coefficient (Wildman–Crippen LogP) is 4.60. The molecule has 2 aromatic carbocycles. The van der Waals surface area contributed by atoms with Crippen molar-refractivity contribution in [3.05, 3.63) is 52.0 Å². The summed E-state index contributed by atoms with van der Waals surface area (Å²) < 4.78 is 26.8. The summed E-state index contributed by atoms with van der Waals surface area (Å²) in [4.78, 5) is 0. The number of rotatable bonds is 2. The Hall–Kier alpha value is -1.52. The highest BCUT2D eigenvalue weighted by Gasteiger charge is 2.09. The topological polar surface area (TPSA) is 38.0 Å². The van der Waals surface area contributed by atoms with E-state index in [1.165, 1.54) is 18.2 Å². The van der Waals surface area contributed by atoms with Crippen LogP contribution in [-0.4, -0.2) is 0 Å². The van der Waals surface area contributed by atoms with Crippen molar-refractivity contribution in [2.24, 2.45) is 0 Å². The molecular formula is C12H8Cl2F2N2. The molecule has 2 rings (SSSR count). The van der Waals surface area contributed by atoms with E-state index in [-0.39, 0.29) is 27.1 Å². The van der Waals surface area contributed by atoms with E-state index in [9.17, 15) is 8.78 Å². The molecule has 0 unspecified atom stereocenters. The van der Waals surface area contributed by atoms with Gasteiger partial charge in [0.2, 0.25) is 0 Å². The molecule has 0 aliphatic rings. The number of hydrogen-bond donors (Lipinski definition) is 2. The maximum atomic E-state index is 13.5. The minimum Gasteiger partial charge on any atom is -0.397 e. The maximum absolute atomic E-state index is 13.5. The van der Waals surface area contributed by atoms with Gasteiger partial charge in [0.15, 0.2) is 0 Å². The van der Waals surface area contributed by atoms with Crippen LogP contribution in [0.2, 0.25) is 10.0 Å². The van der Waals surface area contributed by atoms with E-state index in [0.717, 1.165) is 12.1 Å². The summed E-state index contributed by atoms with van der Waals surface area (Å²) in [5, 5.41) is 2.86. The Kier molecular flexibility index (Phi) is 3.59. The molecule has 94 valence electrons. The van der Waals surface area contributed by atoms with E-state index in [4.69, 9.17) is 28.9 Å². The highest BCUT2D eigenvalue weighted by Crippen LogP contribution is 2.30. The fourth-order valence-corrected chi connectivity index (χ4v) is 1.74. The lowest BCUT2D eigenvalue weighted by molar-refractivity contribution is 0.627. The lowest BCUT2D eigenvalue weighted by atomic mass is 10.2. The molecule has 0 atom stereocenters. The molecule has 0 aliphatic carbocycles. The summed E-state index contributed by atoms with van der Waals surface area (Å²) in [7, 11) is 0. The number of anilines is 3. The van der Waals surface area contributed by atoms with Gasteiger partial charge in [-0.05, 0) is 24.3 Å². The molecule has 2 nitrogen and oxygen atoms in total. The normalized spacial score (nSPS) is 10.4. The average molecular weight is 289 g/mol. The fraction of sp³-hybridized carbons (Fsp3) is 0. The van der Waals surface area contributed by atoms with E-state index in [1.54, 1.807) is 0 Å². The zero-order valence-electron chi connectivity index (χ0n) is 8.98. The van der Waals surface area contributed by atoms with Crippen LogP contribution in [0.1, 0.15) is 0 Å². The first-order valence-corrected chi connectivity index (χ1v) is 5.69. The first-order valence-electron chi connectivity index (χ1n) is 4.94. The highest BCUT2D eigenvalue weighted by atomic mass is 35.5. The zero-order valence-corrected chi connectivity index (χ0v) is 10.5. The molecule has 0 aromatic heterocycles. The third-order valence-corrected chi connectivity index (χ3v) is 2.82. The van der Waals surface area contributed by atoms with Gasteiger partial charge in [-0.25, -0.2) is 8.78 Å². The first kappa shape index (κ1) is 12.9. The predicted molar refractivity (Wildman–Crippen MR) is 70.5 cm³/mol. The second-order valence-corrected chi connectivity index (χ2v) is 4.45. The zero-order chi connectivity index (χ0) is 13.3. The van der Waals surface area contributed by atoms with Gasteiger partial charge in [0.1, 0.15) is 11.6 Å². The van der Waals surface area contributed by atoms with E-state index >= 15 is 0 Å². The Morgan fingerprint density at radius 3 is 2.33 bits per heavy atom. The Morgan fingerprint density at radius 1 is 0.944 bits per heavy atom. The van der Waals surface area contributed by atoms with Crippen LogP contribution in [0.5, 0.6) is 0 Å². The van der Waals surface area contributed by atoms with Crippen LogP contribution < -0.4 is 11.1 Å². The van der Waals surface area contributed by atoms with Gasteiger partial charge in [0.25, 0.3) is 0 Å². The Morgan fingerprint density at radius 2 is 1.67 bits per heavy atom. The van der Waals surface area contributed by atoms with Crippen molar-refractivity contribution in [1.82, 2.24) is 0 Å². The van der Waals surface area contributed by atoms with Crippen molar-refractivity contribution >= 4 is 40.3 Å². The summed E-state index contributed by atoms with van der Waals surface area (Å²) in [5.41, 5.74) is 6.25. The van der Waals surface area contributed by atoms with Crippen molar-refractivity contribution in [2.45, 2.75) is 0 Å². The van der Waals surface area contributed by atoms with Crippen LogP contribution in [0, 0.1) is 11.6 Å². The molecular weight excluding hydrogens is 281 g/mol. The monoisotopic (exact) mass is 288 g/mol. The Labute approximate surface area is 112 Å². The molecule has 0 saturated carbocycles. The minimum atomic E-state index is -0.636. The van der Waals surface area contributed by atoms with Gasteiger partial charge in [-0.2, -0.15) is 0 Å². The van der Waals surface area contributed by atoms with Crippen molar-refractivity contribution in [3.8, 4) is 0 Å². The van der Waals surface area contributed by atoms with E-state index < -0.39 is 11.6 Å². The summed E-state index contributed by atoms with van der Waals surface area (Å²) in [5.74, 6) is -1.19. The molecule has 3 N–H and O–H groups in total. The van der Waals surface area contributed by atoms with Gasteiger partial charge in [-0.1, -0.05) is 23.2 Å². The van der Waals surface area contributed by atoms with Gasteiger partial charge in [0.05, 0.1) is 22.1 Å². The van der Waals surface area contributed by atoms with Crippen LogP contribution in [-0.2, 0) is 0 Å². The molecule has 0 fully saturated rings. The number of nitrogens with two attached hydrogens (primary N) is 1. The lowest BCUT2D eigenvalue weighted by Gasteiger charge is -2.11. The summed E-state index contributed by atoms with van der Waals surface area (Å²) >= 11 is 11.2. The number of nitrogens with one attached hydrogen (secondary N) is 1. The molecule has 0 bridgehead atoms. The standard InChI is InChI=1S/C12H8Cl2F2N2/c13-6-1-2-11(9(16)3-6)18-12-5-8(15)7(14)4-10(12)17/h1-5,18H,17H2. The summed E-state index contributed by atoms with van der Waals surface area (Å²) in [6.07, 6.45) is 0. The largest absolute Gasteiger partial charge is 0.397 e. The molecule has 18 heavy (non-hydrogen) atoms. The number of halogens is 4. The Balaban J connectivity index is 2.37. The van der Waals surface area contributed by atoms with Crippen LogP contribution in [0.4, 0.5) is 25.8 Å². The molecule has 0 amide bonds. The molecule has 0 saturated heterocycles. The van der Waals surface area contributed by atoms with Crippen LogP contribution in [0.15, 0.2) is 30.3 Å². The van der Waals surface area contributed by atoms with Crippen LogP contribution in [0.25, 0.3) is 0 Å². The van der Waals surface area contributed by atoms with Crippen molar-refractivity contribution < 1.29 is 8.78 Å². The number of hydrogen-bond acceptors (Lipinski definition) is 2. The molecule has 2 aromatic rings. The molecule has 0 radical (unpaired) electrons. The van der Waals surface area contributed by atoms with Gasteiger partial charge in [-0.3, -0.25) is 0 Å². The lowest BCUT2D eigenvalue weighted by Crippen LogP contribution is -1.99. The van der Waals surface area contributed by atoms with Crippen LogP contribution in [0.3, 0.4) is 0 Å². The van der Waals surface area contributed by atoms with Gasteiger partial charge in [-0.15, -0.1) is 0 Å². The van der Waals surface area contributed by atoms with E-state index in [2.05, 4.69) is 5.32 Å². The second kappa shape index (κ2) is 5.00. The summed E-state index contributed by atoms with van der Waals surface area (Å²) in [6, 6.07) is 6.45. The molecule has 0 heterocycles. The summed E-state index contributed by atoms with van der Waals surface area (Å²) in [6.45, 7) is 0.